The van der Waals surface area contributed by atoms with Crippen LogP contribution in [-0.4, -0.2) is 27.9 Å². The van der Waals surface area contributed by atoms with E-state index in [2.05, 4.69) is 20.8 Å². The van der Waals surface area contributed by atoms with Gasteiger partial charge in [-0.15, -0.1) is 11.6 Å². The molecule has 0 heterocycles. The first-order valence-electron chi connectivity index (χ1n) is 2.81. The van der Waals surface area contributed by atoms with E-state index in [9.17, 15) is 0 Å². The quantitative estimate of drug-likeness (QED) is 0.413. The molecule has 0 bridgehead atoms. The molecule has 0 saturated heterocycles. The normalized spacial score (nSPS) is 10.5. The Hall–Kier alpha value is 1.06. The van der Waals surface area contributed by atoms with Gasteiger partial charge in [0.2, 0.25) is 0 Å². The zero-order chi connectivity index (χ0) is 5.91. The molecule has 2 heteroatoms. The predicted molar refractivity (Wildman–Crippen MR) is 43.4 cm³/mol. The molecule has 0 aromatic heterocycles. The zero-order valence-corrected chi connectivity index (χ0v) is 6.05. The van der Waals surface area contributed by atoms with E-state index < -0.39 is 0 Å². The van der Waals surface area contributed by atoms with Gasteiger partial charge in [-0.3, -0.25) is 0 Å². The molecule has 0 aliphatic rings. The summed E-state index contributed by atoms with van der Waals surface area (Å²) in [6.45, 7) is 6.28. The smallest absolute Gasteiger partial charge is 0.120 e. The molecule has 0 aromatic carbocycles. The Balaban J connectivity index is 0. The lowest BCUT2D eigenvalue weighted by atomic mass is 10.1. The third kappa shape index (κ3) is 5.20. The second kappa shape index (κ2) is 4.89. The molecule has 0 nitrogen and oxygen atoms in total. The third-order valence-corrected chi connectivity index (χ3v) is 2.01. The number of halogens is 1. The fourth-order valence-electron chi connectivity index (χ4n) is 0.250. The van der Waals surface area contributed by atoms with Crippen molar-refractivity contribution in [3.63, 3.8) is 0 Å². The molecule has 0 atom stereocenters. The maximum atomic E-state index is 5.91. The fourth-order valence-corrected chi connectivity index (χ4v) is 0.250. The molecule has 0 unspecified atom stereocenters. The lowest BCUT2D eigenvalue weighted by Gasteiger charge is -2.15. The summed E-state index contributed by atoms with van der Waals surface area (Å²) in [4.78, 5) is 0.0556. The molecule has 0 rings (SSSR count). The molecular formula is C6H15ClMg. The van der Waals surface area contributed by atoms with Crippen LogP contribution in [0.1, 0.15) is 33.6 Å². The van der Waals surface area contributed by atoms with Gasteiger partial charge >= 0.3 is 23.1 Å². The fraction of sp³-hybridized carbons (Fsp3) is 1.00. The van der Waals surface area contributed by atoms with Gasteiger partial charge in [-0.05, 0) is 19.8 Å². The third-order valence-electron chi connectivity index (χ3n) is 1.47. The van der Waals surface area contributed by atoms with Gasteiger partial charge in [0, 0.05) is 4.87 Å². The molecule has 0 aliphatic carbocycles. The molecule has 0 fully saturated rings. The highest BCUT2D eigenvalue weighted by Crippen LogP contribution is 2.21. The van der Waals surface area contributed by atoms with Crippen LogP contribution in [-0.2, 0) is 0 Å². The molecule has 0 N–H and O–H groups in total. The molecule has 0 aromatic rings. The Kier molecular flexibility index (Phi) is 7.22. The Morgan fingerprint density at radius 3 is 1.50 bits per heavy atom. The molecule has 0 amide bonds. The highest BCUT2D eigenvalue weighted by atomic mass is 35.5. The Bertz CT molecular complexity index is 46.5. The van der Waals surface area contributed by atoms with Crippen LogP contribution < -0.4 is 0 Å². The van der Waals surface area contributed by atoms with Crippen molar-refractivity contribution in [2.45, 2.75) is 38.5 Å². The van der Waals surface area contributed by atoms with Crippen molar-refractivity contribution < 1.29 is 0 Å². The summed E-state index contributed by atoms with van der Waals surface area (Å²) in [7, 11) is 0. The second-order valence-electron chi connectivity index (χ2n) is 2.12. The Labute approximate surface area is 73.1 Å². The van der Waals surface area contributed by atoms with Crippen LogP contribution in [0.5, 0.6) is 0 Å². The topological polar surface area (TPSA) is 0 Å². The lowest BCUT2D eigenvalue weighted by molar-refractivity contribution is 0.587. The Morgan fingerprint density at radius 2 is 1.50 bits per heavy atom. The molecule has 8 heavy (non-hydrogen) atoms. The van der Waals surface area contributed by atoms with Crippen molar-refractivity contribution in [2.75, 3.05) is 0 Å². The molecule has 0 spiro atoms. The largest absolute Gasteiger partial charge is 0.316 e. The van der Waals surface area contributed by atoms with Crippen LogP contribution in [0.4, 0.5) is 0 Å². The molecular weight excluding hydrogens is 132 g/mol. The van der Waals surface area contributed by atoms with Crippen molar-refractivity contribution in [2.24, 2.45) is 0 Å². The summed E-state index contributed by atoms with van der Waals surface area (Å²) in [5, 5.41) is 0. The van der Waals surface area contributed by atoms with Gasteiger partial charge < -0.3 is 0 Å². The molecule has 48 valence electrons. The van der Waals surface area contributed by atoms with E-state index in [0.717, 1.165) is 12.8 Å². The predicted octanol–water partition coefficient (Wildman–Crippen LogP) is 1.89. The van der Waals surface area contributed by atoms with Gasteiger partial charge in [0.25, 0.3) is 0 Å². The highest BCUT2D eigenvalue weighted by Gasteiger charge is 2.13. The monoisotopic (exact) mass is 146 g/mol. The van der Waals surface area contributed by atoms with E-state index >= 15 is 0 Å². The summed E-state index contributed by atoms with van der Waals surface area (Å²) in [6.07, 6.45) is 2.12. The zero-order valence-electron chi connectivity index (χ0n) is 5.29. The average molecular weight is 147 g/mol. The SMILES string of the molecule is CCC(C)(Cl)CC.[MgH2]. The van der Waals surface area contributed by atoms with Crippen molar-refractivity contribution in [3.8, 4) is 0 Å². The summed E-state index contributed by atoms with van der Waals surface area (Å²) in [6, 6.07) is 0. The van der Waals surface area contributed by atoms with E-state index in [-0.39, 0.29) is 27.9 Å². The van der Waals surface area contributed by atoms with Gasteiger partial charge in [0.05, 0.1) is 0 Å². The summed E-state index contributed by atoms with van der Waals surface area (Å²) in [5.74, 6) is 0. The van der Waals surface area contributed by atoms with Crippen molar-refractivity contribution in [1.29, 1.82) is 0 Å². The average Bonchev–Trinajstić information content (AvgIpc) is 1.68. The number of alkyl halides is 1. The lowest BCUT2D eigenvalue weighted by Crippen LogP contribution is -2.11. The van der Waals surface area contributed by atoms with Gasteiger partial charge in [0.1, 0.15) is 0 Å². The van der Waals surface area contributed by atoms with Gasteiger partial charge in [0.15, 0.2) is 0 Å². The molecule has 0 radical (unpaired) electrons. The van der Waals surface area contributed by atoms with Gasteiger partial charge in [-0.25, -0.2) is 0 Å². The minimum atomic E-state index is 0. The first-order valence-corrected chi connectivity index (χ1v) is 3.19. The maximum Gasteiger partial charge on any atom is 0.316 e. The van der Waals surface area contributed by atoms with Crippen molar-refractivity contribution >= 4 is 34.7 Å². The highest BCUT2D eigenvalue weighted by molar-refractivity contribution is 6.23. The standard InChI is InChI=1S/C6H13Cl.Mg.2H/c1-4-6(3,7)5-2;;;/h4-5H2,1-3H3;;;. The van der Waals surface area contributed by atoms with Crippen LogP contribution >= 0.6 is 11.6 Å². The van der Waals surface area contributed by atoms with Gasteiger partial charge in [-0.1, -0.05) is 13.8 Å². The van der Waals surface area contributed by atoms with E-state index in [1.54, 1.807) is 0 Å². The van der Waals surface area contributed by atoms with E-state index in [0.29, 0.717) is 0 Å². The van der Waals surface area contributed by atoms with E-state index in [1.165, 1.54) is 0 Å². The Morgan fingerprint density at radius 1 is 1.25 bits per heavy atom. The van der Waals surface area contributed by atoms with Crippen molar-refractivity contribution in [3.05, 3.63) is 0 Å². The van der Waals surface area contributed by atoms with Gasteiger partial charge in [-0.2, -0.15) is 0 Å². The van der Waals surface area contributed by atoms with Crippen molar-refractivity contribution in [1.82, 2.24) is 0 Å². The van der Waals surface area contributed by atoms with E-state index in [1.807, 2.05) is 0 Å². The number of hydrogen-bond donors (Lipinski definition) is 0. The summed E-state index contributed by atoms with van der Waals surface area (Å²) >= 11 is 5.91. The van der Waals surface area contributed by atoms with Crippen LogP contribution in [0.2, 0.25) is 0 Å². The maximum absolute atomic E-state index is 5.91. The first kappa shape index (κ1) is 11.8. The number of hydrogen-bond acceptors (Lipinski definition) is 0. The second-order valence-corrected chi connectivity index (χ2v) is 3.03. The van der Waals surface area contributed by atoms with Crippen LogP contribution in [0.15, 0.2) is 0 Å². The van der Waals surface area contributed by atoms with Crippen LogP contribution in [0.25, 0.3) is 0 Å². The minimum Gasteiger partial charge on any atom is -0.120 e. The van der Waals surface area contributed by atoms with E-state index in [4.69, 9.17) is 11.6 Å². The van der Waals surface area contributed by atoms with Crippen LogP contribution in [0, 0.1) is 0 Å². The summed E-state index contributed by atoms with van der Waals surface area (Å²) < 4.78 is 0. The first-order chi connectivity index (χ1) is 3.12. The molecule has 0 aliphatic heterocycles. The summed E-state index contributed by atoms with van der Waals surface area (Å²) in [5.41, 5.74) is 0. The molecule has 0 saturated carbocycles. The minimum absolute atomic E-state index is 0. The van der Waals surface area contributed by atoms with Crippen LogP contribution in [0.3, 0.4) is 0 Å². The number of rotatable bonds is 2.